The number of nitrogens with zero attached hydrogens (tertiary/aromatic N) is 3. The fourth-order valence-corrected chi connectivity index (χ4v) is 7.85. The molecule has 6 rings (SSSR count). The Morgan fingerprint density at radius 3 is 2.37 bits per heavy atom. The third-order valence-corrected chi connectivity index (χ3v) is 10.3. The van der Waals surface area contributed by atoms with E-state index in [1.165, 1.54) is 12.5 Å². The maximum Gasteiger partial charge on any atom is 0.254 e. The molecule has 3 aliphatic rings. The van der Waals surface area contributed by atoms with Crippen LogP contribution in [0, 0.1) is 19.8 Å². The summed E-state index contributed by atoms with van der Waals surface area (Å²) < 4.78 is 0. The normalized spacial score (nSPS) is 22.7. The van der Waals surface area contributed by atoms with E-state index in [1.54, 1.807) is 6.07 Å². The quantitative estimate of drug-likeness (QED) is 0.317. The first-order valence-corrected chi connectivity index (χ1v) is 16.8. The summed E-state index contributed by atoms with van der Waals surface area (Å²) in [4.78, 5) is 45.1. The van der Waals surface area contributed by atoms with E-state index in [0.717, 1.165) is 48.3 Å². The van der Waals surface area contributed by atoms with E-state index in [2.05, 4.69) is 27.7 Å². The van der Waals surface area contributed by atoms with Crippen LogP contribution in [0.15, 0.2) is 60.7 Å². The number of halogens is 2. The zero-order valence-electron chi connectivity index (χ0n) is 26.6. The van der Waals surface area contributed by atoms with Crippen molar-refractivity contribution in [2.75, 3.05) is 38.0 Å². The highest BCUT2D eigenvalue weighted by atomic mass is 35.5. The van der Waals surface area contributed by atoms with Crippen LogP contribution in [0.3, 0.4) is 0 Å². The number of aryl methyl sites for hydroxylation is 2. The molecular formula is C36H41Cl2N5O3. The molecule has 242 valence electrons. The molecule has 10 heteroatoms. The van der Waals surface area contributed by atoms with Crippen molar-refractivity contribution in [1.82, 2.24) is 20.0 Å². The maximum absolute atomic E-state index is 13.8. The molecule has 8 nitrogen and oxygen atoms in total. The Labute approximate surface area is 281 Å². The predicted molar refractivity (Wildman–Crippen MR) is 182 cm³/mol. The number of likely N-dealkylation sites (tertiary alicyclic amines) is 1. The molecule has 2 saturated heterocycles. The van der Waals surface area contributed by atoms with Crippen LogP contribution >= 0.6 is 23.2 Å². The summed E-state index contributed by atoms with van der Waals surface area (Å²) in [6.07, 6.45) is 2.11. The second-order valence-corrected chi connectivity index (χ2v) is 13.9. The topological polar surface area (TPSA) is 85.0 Å². The van der Waals surface area contributed by atoms with Crippen LogP contribution in [-0.4, -0.2) is 77.2 Å². The van der Waals surface area contributed by atoms with Gasteiger partial charge < -0.3 is 20.4 Å². The molecule has 46 heavy (non-hydrogen) atoms. The average molecular weight is 663 g/mol. The summed E-state index contributed by atoms with van der Waals surface area (Å²) in [6.45, 7) is 8.85. The van der Waals surface area contributed by atoms with Crippen molar-refractivity contribution in [1.29, 1.82) is 0 Å². The molecule has 0 radical (unpaired) electrons. The second-order valence-electron chi connectivity index (χ2n) is 13.1. The highest BCUT2D eigenvalue weighted by molar-refractivity contribution is 6.42. The van der Waals surface area contributed by atoms with Crippen LogP contribution in [0.4, 0.5) is 5.69 Å². The lowest BCUT2D eigenvalue weighted by atomic mass is 10.00. The third kappa shape index (κ3) is 7.26. The van der Waals surface area contributed by atoms with E-state index in [1.807, 2.05) is 66.1 Å². The lowest BCUT2D eigenvalue weighted by molar-refractivity contribution is -0.135. The highest BCUT2D eigenvalue weighted by Crippen LogP contribution is 2.39. The monoisotopic (exact) mass is 661 g/mol. The highest BCUT2D eigenvalue weighted by Gasteiger charge is 2.44. The molecule has 2 bridgehead atoms. The molecule has 3 fully saturated rings. The number of rotatable bonds is 8. The molecule has 3 amide bonds. The maximum atomic E-state index is 13.8. The van der Waals surface area contributed by atoms with Gasteiger partial charge in [-0.05, 0) is 80.1 Å². The van der Waals surface area contributed by atoms with Gasteiger partial charge in [-0.25, -0.2) is 0 Å². The van der Waals surface area contributed by atoms with Crippen molar-refractivity contribution in [3.05, 3.63) is 98.5 Å². The van der Waals surface area contributed by atoms with E-state index in [4.69, 9.17) is 23.2 Å². The minimum atomic E-state index is -0.337. The Morgan fingerprint density at radius 1 is 0.891 bits per heavy atom. The van der Waals surface area contributed by atoms with E-state index >= 15 is 0 Å². The lowest BCUT2D eigenvalue weighted by Crippen LogP contribution is -2.55. The van der Waals surface area contributed by atoms with Crippen molar-refractivity contribution in [2.45, 2.75) is 58.3 Å². The number of benzene rings is 3. The van der Waals surface area contributed by atoms with E-state index in [0.29, 0.717) is 47.2 Å². The smallest absolute Gasteiger partial charge is 0.254 e. The number of hydrogen-bond acceptors (Lipinski definition) is 5. The molecule has 1 saturated carbocycles. The average Bonchev–Trinajstić information content (AvgIpc) is 3.60. The molecule has 2 aliphatic heterocycles. The summed E-state index contributed by atoms with van der Waals surface area (Å²) in [5.74, 6) is 0.394. The number of amides is 3. The number of carbonyl (C=O) groups is 3. The first-order valence-electron chi connectivity index (χ1n) is 16.0. The van der Waals surface area contributed by atoms with Crippen LogP contribution in [0.25, 0.3) is 0 Å². The van der Waals surface area contributed by atoms with Crippen LogP contribution < -0.4 is 10.6 Å². The van der Waals surface area contributed by atoms with Crippen molar-refractivity contribution in [3.63, 3.8) is 0 Å². The van der Waals surface area contributed by atoms with Gasteiger partial charge in [0.15, 0.2) is 0 Å². The molecule has 0 aromatic heterocycles. The van der Waals surface area contributed by atoms with Gasteiger partial charge >= 0.3 is 0 Å². The fraction of sp³-hybridized carbons (Fsp3) is 0.417. The first-order chi connectivity index (χ1) is 22.0. The molecule has 2 N–H and O–H groups in total. The molecule has 3 aromatic rings. The summed E-state index contributed by atoms with van der Waals surface area (Å²) in [5.41, 5.74) is 5.62. The zero-order valence-corrected chi connectivity index (χ0v) is 28.1. The summed E-state index contributed by atoms with van der Waals surface area (Å²) >= 11 is 12.7. The summed E-state index contributed by atoms with van der Waals surface area (Å²) in [6, 6.07) is 19.8. The van der Waals surface area contributed by atoms with Crippen LogP contribution in [-0.2, 0) is 16.1 Å². The van der Waals surface area contributed by atoms with Gasteiger partial charge in [0.05, 0.1) is 22.6 Å². The molecular weight excluding hydrogens is 621 g/mol. The molecule has 4 atom stereocenters. The minimum Gasteiger partial charge on any atom is -0.334 e. The van der Waals surface area contributed by atoms with Crippen molar-refractivity contribution in [2.24, 2.45) is 5.92 Å². The van der Waals surface area contributed by atoms with Gasteiger partial charge in [0, 0.05) is 63.0 Å². The molecule has 4 unspecified atom stereocenters. The van der Waals surface area contributed by atoms with Gasteiger partial charge in [0.2, 0.25) is 11.8 Å². The number of anilines is 1. The Morgan fingerprint density at radius 2 is 1.67 bits per heavy atom. The number of carbonyl (C=O) groups excluding carboxylic acids is 3. The van der Waals surface area contributed by atoms with Crippen LogP contribution in [0.1, 0.15) is 58.4 Å². The molecule has 1 aliphatic carbocycles. The number of piperazine rings is 1. The van der Waals surface area contributed by atoms with Gasteiger partial charge in [-0.15, -0.1) is 0 Å². The number of nitrogens with one attached hydrogen (secondary N) is 2. The van der Waals surface area contributed by atoms with E-state index in [-0.39, 0.29) is 36.3 Å². The van der Waals surface area contributed by atoms with Crippen molar-refractivity contribution in [3.8, 4) is 0 Å². The largest absolute Gasteiger partial charge is 0.334 e. The Kier molecular flexibility index (Phi) is 9.71. The number of piperidine rings is 1. The van der Waals surface area contributed by atoms with Gasteiger partial charge in [-0.3, -0.25) is 19.3 Å². The van der Waals surface area contributed by atoms with Crippen molar-refractivity contribution < 1.29 is 14.4 Å². The van der Waals surface area contributed by atoms with Gasteiger partial charge in [0.25, 0.3) is 5.91 Å². The lowest BCUT2D eigenvalue weighted by Gasteiger charge is -2.42. The van der Waals surface area contributed by atoms with Gasteiger partial charge in [-0.2, -0.15) is 0 Å². The van der Waals surface area contributed by atoms with Gasteiger partial charge in [-0.1, -0.05) is 58.6 Å². The van der Waals surface area contributed by atoms with Gasteiger partial charge in [0.1, 0.15) is 0 Å². The Balaban J connectivity index is 1.09. The van der Waals surface area contributed by atoms with Crippen molar-refractivity contribution >= 4 is 46.6 Å². The minimum absolute atomic E-state index is 0.0176. The summed E-state index contributed by atoms with van der Waals surface area (Å²) in [5, 5.41) is 7.35. The predicted octanol–water partition coefficient (Wildman–Crippen LogP) is 5.85. The Hall–Kier alpha value is -3.43. The number of hydrogen-bond donors (Lipinski definition) is 2. The number of fused-ring (bicyclic) bond motifs is 2. The van der Waals surface area contributed by atoms with E-state index in [9.17, 15) is 14.4 Å². The standard InChI is InChI=1S/C36H41Cl2N5O3/c1-22-11-23(2)13-27(12-22)36(46)41-9-10-43(34(21-41)26-7-8-31(37)32(38)16-26)35(45)18-39-33-17-30-15-28(33)20-42(30)19-25-5-4-6-29(14-25)40-24(3)44/h4-8,11-14,16,28,30,33-34,39H,9-10,15,17-21H2,1-3H3,(H,40,44). The Bertz CT molecular complexity index is 1630. The molecule has 3 aromatic carbocycles. The fourth-order valence-electron chi connectivity index (χ4n) is 7.55. The zero-order chi connectivity index (χ0) is 32.5. The second kappa shape index (κ2) is 13.7. The van der Waals surface area contributed by atoms with Crippen LogP contribution in [0.2, 0.25) is 10.0 Å². The molecule has 0 spiro atoms. The third-order valence-electron chi connectivity index (χ3n) is 9.59. The molecule has 2 heterocycles. The van der Waals surface area contributed by atoms with Crippen LogP contribution in [0.5, 0.6) is 0 Å². The first kappa shape index (κ1) is 32.5. The SMILES string of the molecule is CC(=O)Nc1cccc(CN2CC3CC2CC3NCC(=O)N2CCN(C(=O)c3cc(C)cc(C)c3)CC2c2ccc(Cl)c(Cl)c2)c1. The summed E-state index contributed by atoms with van der Waals surface area (Å²) in [7, 11) is 0. The van der Waals surface area contributed by atoms with E-state index < -0.39 is 0 Å².